The Morgan fingerprint density at radius 2 is 1.67 bits per heavy atom. The second-order valence-corrected chi connectivity index (χ2v) is 3.33. The molecule has 0 aliphatic carbocycles. The van der Waals surface area contributed by atoms with Crippen molar-refractivity contribution in [3.63, 3.8) is 0 Å². The van der Waals surface area contributed by atoms with Crippen molar-refractivity contribution in [1.29, 1.82) is 10.5 Å². The van der Waals surface area contributed by atoms with Gasteiger partial charge in [0.1, 0.15) is 12.1 Å². The van der Waals surface area contributed by atoms with Crippen molar-refractivity contribution in [3.8, 4) is 12.1 Å². The molecule has 1 aliphatic rings. The summed E-state index contributed by atoms with van der Waals surface area (Å²) in [6, 6.07) is 9.40. The van der Waals surface area contributed by atoms with Crippen LogP contribution in [0.3, 0.4) is 0 Å². The van der Waals surface area contributed by atoms with E-state index >= 15 is 0 Å². The monoisotopic (exact) mass is 195 g/mol. The minimum atomic E-state index is 0.438. The van der Waals surface area contributed by atoms with Gasteiger partial charge in [0.2, 0.25) is 0 Å². The van der Waals surface area contributed by atoms with Gasteiger partial charge in [-0.2, -0.15) is 10.5 Å². The van der Waals surface area contributed by atoms with E-state index in [1.165, 1.54) is 0 Å². The molecule has 0 unspecified atom stereocenters. The van der Waals surface area contributed by atoms with Crippen LogP contribution in [0.1, 0.15) is 11.1 Å². The summed E-state index contributed by atoms with van der Waals surface area (Å²) >= 11 is 0. The average molecular weight is 195 g/mol. The molecule has 3 nitrogen and oxygen atoms in total. The Kier molecular flexibility index (Phi) is 2.39. The lowest BCUT2D eigenvalue weighted by molar-refractivity contribution is 1.01. The summed E-state index contributed by atoms with van der Waals surface area (Å²) in [6.45, 7) is 1.74. The fourth-order valence-corrected chi connectivity index (χ4v) is 1.61. The van der Waals surface area contributed by atoms with E-state index in [1.807, 2.05) is 18.2 Å². The largest absolute Gasteiger partial charge is 0.364 e. The number of nitriles is 2. The Bertz CT molecular complexity index is 481. The quantitative estimate of drug-likeness (QED) is 0.642. The van der Waals surface area contributed by atoms with Gasteiger partial charge in [0.15, 0.2) is 0 Å². The molecule has 0 atom stereocenters. The summed E-state index contributed by atoms with van der Waals surface area (Å²) < 4.78 is 0. The van der Waals surface area contributed by atoms with Crippen molar-refractivity contribution in [2.75, 3.05) is 18.0 Å². The van der Waals surface area contributed by atoms with Crippen LogP contribution in [0.25, 0.3) is 0 Å². The van der Waals surface area contributed by atoms with Gasteiger partial charge in [0.05, 0.1) is 11.1 Å². The molecular formula is C12H9N3. The van der Waals surface area contributed by atoms with Crippen LogP contribution in [0.2, 0.25) is 0 Å². The third-order valence-corrected chi connectivity index (χ3v) is 2.43. The van der Waals surface area contributed by atoms with E-state index in [0.29, 0.717) is 11.1 Å². The predicted octanol–water partition coefficient (Wildman–Crippen LogP) is 1.81. The normalized spacial score (nSPS) is 13.6. The Hall–Kier alpha value is -2.26. The molecule has 3 heteroatoms. The first-order valence-electron chi connectivity index (χ1n) is 4.69. The zero-order valence-electron chi connectivity index (χ0n) is 8.14. The molecule has 0 fully saturated rings. The maximum atomic E-state index is 8.88. The van der Waals surface area contributed by atoms with Gasteiger partial charge in [0, 0.05) is 18.8 Å². The van der Waals surface area contributed by atoms with Gasteiger partial charge in [-0.1, -0.05) is 12.2 Å². The lowest BCUT2D eigenvalue weighted by Crippen LogP contribution is -2.18. The first-order valence-corrected chi connectivity index (χ1v) is 4.69. The highest BCUT2D eigenvalue weighted by Gasteiger charge is 2.10. The van der Waals surface area contributed by atoms with Gasteiger partial charge in [-0.3, -0.25) is 0 Å². The Balaban J connectivity index is 2.36. The van der Waals surface area contributed by atoms with Crippen LogP contribution in [0.5, 0.6) is 0 Å². The van der Waals surface area contributed by atoms with E-state index in [2.05, 4.69) is 17.1 Å². The average Bonchev–Trinajstić information content (AvgIpc) is 2.81. The second kappa shape index (κ2) is 3.86. The number of anilines is 1. The highest BCUT2D eigenvalue weighted by molar-refractivity contribution is 5.58. The van der Waals surface area contributed by atoms with Crippen molar-refractivity contribution in [3.05, 3.63) is 41.5 Å². The maximum Gasteiger partial charge on any atom is 0.101 e. The summed E-state index contributed by atoms with van der Waals surface area (Å²) in [5.41, 5.74) is 1.88. The molecule has 0 saturated heterocycles. The van der Waals surface area contributed by atoms with Crippen molar-refractivity contribution < 1.29 is 0 Å². The lowest BCUT2D eigenvalue weighted by atomic mass is 10.1. The SMILES string of the molecule is N#Cc1ccc(N2CC=CC2)cc1C#N. The van der Waals surface area contributed by atoms with Crippen LogP contribution < -0.4 is 4.90 Å². The summed E-state index contributed by atoms with van der Waals surface area (Å²) in [5, 5.41) is 17.7. The van der Waals surface area contributed by atoms with Crippen LogP contribution >= 0.6 is 0 Å². The Labute approximate surface area is 88.5 Å². The Morgan fingerprint density at radius 1 is 1.00 bits per heavy atom. The molecule has 72 valence electrons. The summed E-state index contributed by atoms with van der Waals surface area (Å²) in [5.74, 6) is 0. The van der Waals surface area contributed by atoms with Crippen LogP contribution in [0.15, 0.2) is 30.4 Å². The highest BCUT2D eigenvalue weighted by Crippen LogP contribution is 2.20. The molecule has 0 bridgehead atoms. The predicted molar refractivity (Wildman–Crippen MR) is 57.2 cm³/mol. The first-order chi connectivity index (χ1) is 7.35. The number of hydrogen-bond acceptors (Lipinski definition) is 3. The number of nitrogens with zero attached hydrogens (tertiary/aromatic N) is 3. The molecule has 1 heterocycles. The molecule has 0 N–H and O–H groups in total. The fourth-order valence-electron chi connectivity index (χ4n) is 1.61. The smallest absolute Gasteiger partial charge is 0.101 e. The topological polar surface area (TPSA) is 50.8 Å². The van der Waals surface area contributed by atoms with Gasteiger partial charge in [-0.05, 0) is 18.2 Å². The minimum Gasteiger partial charge on any atom is -0.364 e. The standard InChI is InChI=1S/C12H9N3/c13-8-10-3-4-12(7-11(10)9-14)15-5-1-2-6-15/h1-4,7H,5-6H2. The molecular weight excluding hydrogens is 186 g/mol. The van der Waals surface area contributed by atoms with Crippen LogP contribution in [0, 0.1) is 22.7 Å². The molecule has 1 aromatic rings. The molecule has 2 rings (SSSR count). The molecule has 1 aliphatic heterocycles. The molecule has 15 heavy (non-hydrogen) atoms. The van der Waals surface area contributed by atoms with E-state index in [0.717, 1.165) is 18.8 Å². The lowest BCUT2D eigenvalue weighted by Gasteiger charge is -2.17. The zero-order chi connectivity index (χ0) is 10.7. The van der Waals surface area contributed by atoms with Crippen molar-refractivity contribution in [1.82, 2.24) is 0 Å². The van der Waals surface area contributed by atoms with E-state index in [4.69, 9.17) is 10.5 Å². The van der Waals surface area contributed by atoms with Gasteiger partial charge >= 0.3 is 0 Å². The Morgan fingerprint density at radius 3 is 2.27 bits per heavy atom. The molecule has 0 aromatic heterocycles. The van der Waals surface area contributed by atoms with Crippen LogP contribution in [-0.2, 0) is 0 Å². The van der Waals surface area contributed by atoms with Crippen molar-refractivity contribution >= 4 is 5.69 Å². The second-order valence-electron chi connectivity index (χ2n) is 3.33. The third-order valence-electron chi connectivity index (χ3n) is 2.43. The first kappa shape index (κ1) is 9.30. The molecule has 1 aromatic carbocycles. The summed E-state index contributed by atoms with van der Waals surface area (Å²) in [6.07, 6.45) is 4.18. The summed E-state index contributed by atoms with van der Waals surface area (Å²) in [4.78, 5) is 2.14. The summed E-state index contributed by atoms with van der Waals surface area (Å²) in [7, 11) is 0. The molecule has 0 amide bonds. The van der Waals surface area contributed by atoms with E-state index < -0.39 is 0 Å². The molecule has 0 saturated carbocycles. The van der Waals surface area contributed by atoms with Crippen molar-refractivity contribution in [2.24, 2.45) is 0 Å². The van der Waals surface area contributed by atoms with E-state index in [1.54, 1.807) is 12.1 Å². The number of hydrogen-bond donors (Lipinski definition) is 0. The minimum absolute atomic E-state index is 0.438. The van der Waals surface area contributed by atoms with Gasteiger partial charge < -0.3 is 4.90 Å². The zero-order valence-corrected chi connectivity index (χ0v) is 8.14. The van der Waals surface area contributed by atoms with Gasteiger partial charge in [-0.25, -0.2) is 0 Å². The van der Waals surface area contributed by atoms with Crippen LogP contribution in [-0.4, -0.2) is 13.1 Å². The van der Waals surface area contributed by atoms with Crippen LogP contribution in [0.4, 0.5) is 5.69 Å². The third kappa shape index (κ3) is 1.68. The maximum absolute atomic E-state index is 8.88. The van der Waals surface area contributed by atoms with E-state index in [9.17, 15) is 0 Å². The number of rotatable bonds is 1. The number of benzene rings is 1. The highest BCUT2D eigenvalue weighted by atomic mass is 15.1. The van der Waals surface area contributed by atoms with Crippen molar-refractivity contribution in [2.45, 2.75) is 0 Å². The van der Waals surface area contributed by atoms with E-state index in [-0.39, 0.29) is 0 Å². The molecule has 0 spiro atoms. The van der Waals surface area contributed by atoms with Gasteiger partial charge in [0.25, 0.3) is 0 Å². The fraction of sp³-hybridized carbons (Fsp3) is 0.167. The molecule has 0 radical (unpaired) electrons. The van der Waals surface area contributed by atoms with Gasteiger partial charge in [-0.15, -0.1) is 0 Å².